The summed E-state index contributed by atoms with van der Waals surface area (Å²) >= 11 is 0. The Labute approximate surface area is 175 Å². The number of anilines is 1. The number of halogens is 3. The highest BCUT2D eigenvalue weighted by molar-refractivity contribution is 5.90. The van der Waals surface area contributed by atoms with E-state index in [1.54, 1.807) is 0 Å². The fourth-order valence-corrected chi connectivity index (χ4v) is 4.39. The summed E-state index contributed by atoms with van der Waals surface area (Å²) in [4.78, 5) is 17.4. The number of alkyl halides is 3. The molecule has 2 heterocycles. The first-order valence-corrected chi connectivity index (χ1v) is 9.68. The summed E-state index contributed by atoms with van der Waals surface area (Å²) in [7, 11) is 0. The molecule has 158 valence electrons. The third-order valence-corrected chi connectivity index (χ3v) is 5.90. The van der Waals surface area contributed by atoms with Crippen molar-refractivity contribution in [2.24, 2.45) is 0 Å². The van der Waals surface area contributed by atoms with Crippen LogP contribution in [-0.2, 0) is 10.3 Å². The molecular weight excluding hydrogens is 409 g/mol. The van der Waals surface area contributed by atoms with Crippen molar-refractivity contribution < 1.29 is 27.8 Å². The van der Waals surface area contributed by atoms with Crippen molar-refractivity contribution in [2.75, 3.05) is 18.1 Å². The standard InChI is InChI=1S/C23H17F3N2O3/c24-23(25,26)22(30)13-28(20-19(22)10-5-11-27-20)21(29)31-12-18-16-8-3-1-6-14(16)15-7-2-4-9-17(15)18/h1-11,18,30H,12-13H2. The molecule has 8 heteroatoms. The molecule has 1 aromatic heterocycles. The van der Waals surface area contributed by atoms with E-state index in [1.165, 1.54) is 12.3 Å². The van der Waals surface area contributed by atoms with E-state index >= 15 is 0 Å². The van der Waals surface area contributed by atoms with Crippen LogP contribution in [0.2, 0.25) is 0 Å². The lowest BCUT2D eigenvalue weighted by atomic mass is 9.97. The van der Waals surface area contributed by atoms with Gasteiger partial charge in [-0.05, 0) is 28.3 Å². The minimum Gasteiger partial charge on any atom is -0.448 e. The molecule has 0 radical (unpaired) electrons. The van der Waals surface area contributed by atoms with Gasteiger partial charge in [0.25, 0.3) is 0 Å². The van der Waals surface area contributed by atoms with Crippen LogP contribution in [0, 0.1) is 0 Å². The van der Waals surface area contributed by atoms with Gasteiger partial charge < -0.3 is 9.84 Å². The number of aliphatic hydroxyl groups is 1. The van der Waals surface area contributed by atoms with Crippen molar-refractivity contribution >= 4 is 11.9 Å². The highest BCUT2D eigenvalue weighted by Crippen LogP contribution is 2.48. The van der Waals surface area contributed by atoms with Crippen LogP contribution in [0.1, 0.15) is 22.6 Å². The maximum atomic E-state index is 13.6. The van der Waals surface area contributed by atoms with Gasteiger partial charge in [0.05, 0.1) is 6.54 Å². The third kappa shape index (κ3) is 2.90. The lowest BCUT2D eigenvalue weighted by molar-refractivity contribution is -0.259. The Morgan fingerprint density at radius 2 is 1.68 bits per heavy atom. The summed E-state index contributed by atoms with van der Waals surface area (Å²) in [6.07, 6.45) is -4.68. The SMILES string of the molecule is O=C(OCC1c2ccccc2-c2ccccc21)N1CC(O)(C(F)(F)F)c2cccnc21. The van der Waals surface area contributed by atoms with Gasteiger partial charge in [-0.25, -0.2) is 9.78 Å². The van der Waals surface area contributed by atoms with Crippen LogP contribution in [0.4, 0.5) is 23.8 Å². The predicted molar refractivity (Wildman–Crippen MR) is 107 cm³/mol. The molecule has 1 aliphatic carbocycles. The summed E-state index contributed by atoms with van der Waals surface area (Å²) < 4.78 is 46.2. The van der Waals surface area contributed by atoms with Crippen LogP contribution in [0.5, 0.6) is 0 Å². The molecule has 31 heavy (non-hydrogen) atoms. The molecule has 1 amide bonds. The van der Waals surface area contributed by atoms with E-state index in [0.29, 0.717) is 0 Å². The number of hydrogen-bond donors (Lipinski definition) is 1. The number of β-amino-alcohol motifs (C(OH)–C–C–N with tert-alkyl or cyclic N) is 1. The summed E-state index contributed by atoms with van der Waals surface area (Å²) in [5.74, 6) is -0.483. The summed E-state index contributed by atoms with van der Waals surface area (Å²) in [5, 5.41) is 10.3. The van der Waals surface area contributed by atoms with Crippen LogP contribution < -0.4 is 4.90 Å². The molecule has 5 rings (SSSR count). The average molecular weight is 426 g/mol. The molecule has 3 aromatic rings. The highest BCUT2D eigenvalue weighted by atomic mass is 19.4. The summed E-state index contributed by atoms with van der Waals surface area (Å²) in [5.41, 5.74) is 0.405. The molecule has 0 saturated heterocycles. The molecule has 2 aromatic carbocycles. The van der Waals surface area contributed by atoms with E-state index in [0.717, 1.165) is 33.2 Å². The minimum atomic E-state index is -4.97. The molecule has 1 atom stereocenters. The number of rotatable bonds is 2. The highest BCUT2D eigenvalue weighted by Gasteiger charge is 2.62. The van der Waals surface area contributed by atoms with E-state index in [9.17, 15) is 23.1 Å². The first-order chi connectivity index (χ1) is 14.8. The van der Waals surface area contributed by atoms with Crippen molar-refractivity contribution in [3.8, 4) is 11.1 Å². The van der Waals surface area contributed by atoms with E-state index in [2.05, 4.69) is 4.98 Å². The molecular formula is C23H17F3N2O3. The molecule has 5 nitrogen and oxygen atoms in total. The fourth-order valence-electron chi connectivity index (χ4n) is 4.39. The largest absolute Gasteiger partial charge is 0.448 e. The Hall–Kier alpha value is -3.39. The molecule has 0 bridgehead atoms. The minimum absolute atomic E-state index is 0.0457. The van der Waals surface area contributed by atoms with Crippen LogP contribution in [0.15, 0.2) is 66.9 Å². The predicted octanol–water partition coefficient (Wildman–Crippen LogP) is 4.60. The number of ether oxygens (including phenoxy) is 1. The molecule has 0 saturated carbocycles. The number of fused-ring (bicyclic) bond motifs is 4. The Balaban J connectivity index is 1.41. The van der Waals surface area contributed by atoms with Crippen molar-refractivity contribution in [1.82, 2.24) is 4.98 Å². The topological polar surface area (TPSA) is 62.7 Å². The Kier molecular flexibility index (Phi) is 4.30. The van der Waals surface area contributed by atoms with Crippen molar-refractivity contribution in [3.05, 3.63) is 83.6 Å². The molecule has 1 N–H and O–H groups in total. The van der Waals surface area contributed by atoms with Gasteiger partial charge in [-0.2, -0.15) is 13.2 Å². The van der Waals surface area contributed by atoms with Gasteiger partial charge >= 0.3 is 12.3 Å². The lowest BCUT2D eigenvalue weighted by Crippen LogP contribution is -2.47. The van der Waals surface area contributed by atoms with Crippen LogP contribution in [-0.4, -0.2) is 35.5 Å². The number of nitrogens with zero attached hydrogens (tertiary/aromatic N) is 2. The smallest absolute Gasteiger partial charge is 0.423 e. The lowest BCUT2D eigenvalue weighted by Gasteiger charge is -2.26. The molecule has 1 unspecified atom stereocenters. The number of carbonyl (C=O) groups excluding carboxylic acids is 1. The monoisotopic (exact) mass is 426 g/mol. The third-order valence-electron chi connectivity index (χ3n) is 5.90. The maximum absolute atomic E-state index is 13.6. The summed E-state index contributed by atoms with van der Waals surface area (Å²) in [6, 6.07) is 17.9. The number of carbonyl (C=O) groups is 1. The van der Waals surface area contributed by atoms with Gasteiger partial charge in [0.2, 0.25) is 5.60 Å². The molecule has 0 fully saturated rings. The van der Waals surface area contributed by atoms with Crippen molar-refractivity contribution in [1.29, 1.82) is 0 Å². The quantitative estimate of drug-likeness (QED) is 0.651. The first-order valence-electron chi connectivity index (χ1n) is 9.68. The van der Waals surface area contributed by atoms with Gasteiger partial charge in [-0.15, -0.1) is 0 Å². The zero-order chi connectivity index (χ0) is 21.8. The van der Waals surface area contributed by atoms with Crippen molar-refractivity contribution in [2.45, 2.75) is 17.7 Å². The second kappa shape index (κ2) is 6.81. The number of amides is 1. The van der Waals surface area contributed by atoms with Crippen LogP contribution >= 0.6 is 0 Å². The van der Waals surface area contributed by atoms with E-state index in [-0.39, 0.29) is 18.3 Å². The Morgan fingerprint density at radius 3 is 2.29 bits per heavy atom. The fraction of sp³-hybridized carbons (Fsp3) is 0.217. The number of pyridine rings is 1. The Morgan fingerprint density at radius 1 is 1.06 bits per heavy atom. The van der Waals surface area contributed by atoms with Crippen molar-refractivity contribution in [3.63, 3.8) is 0 Å². The average Bonchev–Trinajstić information content (AvgIpc) is 3.26. The molecule has 0 spiro atoms. The van der Waals surface area contributed by atoms with Gasteiger partial charge in [0, 0.05) is 17.7 Å². The normalized spacial score (nSPS) is 19.7. The van der Waals surface area contributed by atoms with E-state index in [1.807, 2.05) is 48.5 Å². The second-order valence-electron chi connectivity index (χ2n) is 7.62. The number of benzene rings is 2. The van der Waals surface area contributed by atoms with Gasteiger partial charge in [0.15, 0.2) is 0 Å². The van der Waals surface area contributed by atoms with Gasteiger partial charge in [-0.1, -0.05) is 54.6 Å². The second-order valence-corrected chi connectivity index (χ2v) is 7.62. The first kappa shape index (κ1) is 19.6. The summed E-state index contributed by atoms with van der Waals surface area (Å²) in [6.45, 7) is -1.05. The van der Waals surface area contributed by atoms with Crippen LogP contribution in [0.25, 0.3) is 11.1 Å². The number of hydrogen-bond acceptors (Lipinski definition) is 4. The van der Waals surface area contributed by atoms with E-state index < -0.39 is 30.0 Å². The zero-order valence-electron chi connectivity index (χ0n) is 16.1. The molecule has 2 aliphatic rings. The zero-order valence-corrected chi connectivity index (χ0v) is 16.1. The van der Waals surface area contributed by atoms with Gasteiger partial charge in [0.1, 0.15) is 12.4 Å². The Bertz CT molecular complexity index is 1130. The van der Waals surface area contributed by atoms with E-state index in [4.69, 9.17) is 4.74 Å². The molecule has 1 aliphatic heterocycles. The van der Waals surface area contributed by atoms with Crippen LogP contribution in [0.3, 0.4) is 0 Å². The number of aromatic nitrogens is 1. The maximum Gasteiger partial charge on any atom is 0.423 e. The van der Waals surface area contributed by atoms with Gasteiger partial charge in [-0.3, -0.25) is 4.90 Å².